The van der Waals surface area contributed by atoms with Crippen LogP contribution in [-0.4, -0.2) is 41.3 Å². The molecule has 7 nitrogen and oxygen atoms in total. The van der Waals surface area contributed by atoms with Crippen LogP contribution in [0.15, 0.2) is 36.4 Å². The van der Waals surface area contributed by atoms with E-state index in [9.17, 15) is 13.2 Å². The second-order valence-electron chi connectivity index (χ2n) is 6.27. The molecule has 2 aromatic carbocycles. The van der Waals surface area contributed by atoms with Crippen LogP contribution in [0.3, 0.4) is 0 Å². The van der Waals surface area contributed by atoms with Gasteiger partial charge in [0.15, 0.2) is 11.5 Å². The van der Waals surface area contributed by atoms with E-state index in [2.05, 4.69) is 5.32 Å². The highest BCUT2D eigenvalue weighted by molar-refractivity contribution is 7.92. The summed E-state index contributed by atoms with van der Waals surface area (Å²) in [5.41, 5.74) is 1.02. The van der Waals surface area contributed by atoms with E-state index >= 15 is 0 Å². The first-order valence-corrected chi connectivity index (χ1v) is 11.1. The lowest BCUT2D eigenvalue weighted by Crippen LogP contribution is -2.41. The number of nitrogens with one attached hydrogen (secondary N) is 1. The summed E-state index contributed by atoms with van der Waals surface area (Å²) in [6.45, 7) is 1.37. The van der Waals surface area contributed by atoms with E-state index < -0.39 is 28.5 Å². The number of benzene rings is 2. The SMILES string of the molecule is COc1ccc([C@H](C)NC(=O)CN(c2ccc(Cl)c(Cl)c2)S(C)(=O)=O)cc1OC. The summed E-state index contributed by atoms with van der Waals surface area (Å²) in [4.78, 5) is 12.6. The van der Waals surface area contributed by atoms with Crippen LogP contribution in [0.2, 0.25) is 10.0 Å². The molecule has 2 aromatic rings. The van der Waals surface area contributed by atoms with Gasteiger partial charge in [-0.15, -0.1) is 0 Å². The van der Waals surface area contributed by atoms with Crippen molar-refractivity contribution in [2.45, 2.75) is 13.0 Å². The molecule has 0 heterocycles. The third-order valence-electron chi connectivity index (χ3n) is 4.16. The Morgan fingerprint density at radius 2 is 1.72 bits per heavy atom. The molecule has 0 bridgehead atoms. The highest BCUT2D eigenvalue weighted by atomic mass is 35.5. The van der Waals surface area contributed by atoms with Gasteiger partial charge in [0.1, 0.15) is 6.54 Å². The number of nitrogens with zero attached hydrogens (tertiary/aromatic N) is 1. The maximum atomic E-state index is 12.6. The number of ether oxygens (including phenoxy) is 2. The van der Waals surface area contributed by atoms with Gasteiger partial charge in [-0.25, -0.2) is 8.42 Å². The molecular formula is C19H22Cl2N2O5S. The molecule has 0 aliphatic rings. The first kappa shape index (κ1) is 23.1. The van der Waals surface area contributed by atoms with Crippen LogP contribution in [0.5, 0.6) is 11.5 Å². The molecule has 0 aliphatic carbocycles. The van der Waals surface area contributed by atoms with Gasteiger partial charge in [0.05, 0.1) is 42.2 Å². The lowest BCUT2D eigenvalue weighted by atomic mass is 10.1. The summed E-state index contributed by atoms with van der Waals surface area (Å²) in [7, 11) is -0.675. The van der Waals surface area contributed by atoms with Crippen molar-refractivity contribution in [2.75, 3.05) is 31.3 Å². The minimum Gasteiger partial charge on any atom is -0.493 e. The highest BCUT2D eigenvalue weighted by Crippen LogP contribution is 2.30. The summed E-state index contributed by atoms with van der Waals surface area (Å²) in [5, 5.41) is 3.26. The first-order chi connectivity index (χ1) is 13.6. The summed E-state index contributed by atoms with van der Waals surface area (Å²) < 4.78 is 35.9. The standard InChI is InChI=1S/C19H22Cl2N2O5S/c1-12(13-5-8-17(27-2)18(9-13)28-3)22-19(24)11-23(29(4,25)26)14-6-7-15(20)16(21)10-14/h5-10,12H,11H2,1-4H3,(H,22,24)/t12-/m0/s1. The molecule has 10 heteroatoms. The summed E-state index contributed by atoms with van der Waals surface area (Å²) in [6.07, 6.45) is 1.01. The molecule has 0 radical (unpaired) electrons. The smallest absolute Gasteiger partial charge is 0.241 e. The molecule has 2 rings (SSSR count). The number of hydrogen-bond acceptors (Lipinski definition) is 5. The van der Waals surface area contributed by atoms with Gasteiger partial charge in [-0.05, 0) is 42.8 Å². The van der Waals surface area contributed by atoms with Gasteiger partial charge in [-0.1, -0.05) is 29.3 Å². The van der Waals surface area contributed by atoms with Gasteiger partial charge >= 0.3 is 0 Å². The number of amides is 1. The molecule has 1 atom stereocenters. The van der Waals surface area contributed by atoms with Gasteiger partial charge < -0.3 is 14.8 Å². The zero-order valence-corrected chi connectivity index (χ0v) is 18.7. The minimum atomic E-state index is -3.73. The number of carbonyl (C=O) groups excluding carboxylic acids is 1. The first-order valence-electron chi connectivity index (χ1n) is 8.51. The van der Waals surface area contributed by atoms with Crippen LogP contribution in [0, 0.1) is 0 Å². The molecule has 0 fully saturated rings. The zero-order chi connectivity index (χ0) is 21.8. The third-order valence-corrected chi connectivity index (χ3v) is 6.04. The molecule has 0 saturated carbocycles. The molecule has 0 aliphatic heterocycles. The molecule has 29 heavy (non-hydrogen) atoms. The Labute approximate surface area is 180 Å². The average Bonchev–Trinajstić information content (AvgIpc) is 2.66. The Morgan fingerprint density at radius 3 is 2.28 bits per heavy atom. The molecule has 0 saturated heterocycles. The molecule has 0 spiro atoms. The highest BCUT2D eigenvalue weighted by Gasteiger charge is 2.23. The van der Waals surface area contributed by atoms with Crippen molar-refractivity contribution < 1.29 is 22.7 Å². The van der Waals surface area contributed by atoms with Crippen LogP contribution < -0.4 is 19.1 Å². The van der Waals surface area contributed by atoms with Crippen LogP contribution in [0.25, 0.3) is 0 Å². The maximum absolute atomic E-state index is 12.6. The monoisotopic (exact) mass is 460 g/mol. The van der Waals surface area contributed by atoms with Crippen LogP contribution >= 0.6 is 23.2 Å². The molecular weight excluding hydrogens is 439 g/mol. The van der Waals surface area contributed by atoms with Crippen molar-refractivity contribution in [3.8, 4) is 11.5 Å². The van der Waals surface area contributed by atoms with Crippen LogP contribution in [0.1, 0.15) is 18.5 Å². The van der Waals surface area contributed by atoms with E-state index in [0.29, 0.717) is 11.5 Å². The largest absolute Gasteiger partial charge is 0.493 e. The van der Waals surface area contributed by atoms with Crippen molar-refractivity contribution in [3.05, 3.63) is 52.0 Å². The van der Waals surface area contributed by atoms with Crippen molar-refractivity contribution in [2.24, 2.45) is 0 Å². The Bertz CT molecular complexity index is 998. The van der Waals surface area contributed by atoms with Gasteiger partial charge in [-0.2, -0.15) is 0 Å². The quantitative estimate of drug-likeness (QED) is 0.649. The Hall–Kier alpha value is -2.16. The zero-order valence-electron chi connectivity index (χ0n) is 16.4. The molecule has 0 unspecified atom stereocenters. The molecule has 1 amide bonds. The average molecular weight is 461 g/mol. The maximum Gasteiger partial charge on any atom is 0.241 e. The minimum absolute atomic E-state index is 0.192. The predicted octanol–water partition coefficient (Wildman–Crippen LogP) is 3.65. The second kappa shape index (κ2) is 9.56. The third kappa shape index (κ3) is 5.91. The molecule has 0 aromatic heterocycles. The van der Waals surface area contributed by atoms with Gasteiger partial charge in [0.2, 0.25) is 15.9 Å². The number of anilines is 1. The fourth-order valence-electron chi connectivity index (χ4n) is 2.66. The number of methoxy groups -OCH3 is 2. The van der Waals surface area contributed by atoms with E-state index in [4.69, 9.17) is 32.7 Å². The van der Waals surface area contributed by atoms with Crippen molar-refractivity contribution in [1.29, 1.82) is 0 Å². The van der Waals surface area contributed by atoms with Crippen molar-refractivity contribution in [3.63, 3.8) is 0 Å². The Balaban J connectivity index is 2.19. The fraction of sp³-hybridized carbons (Fsp3) is 0.316. The van der Waals surface area contributed by atoms with E-state index in [0.717, 1.165) is 16.1 Å². The van der Waals surface area contributed by atoms with Crippen molar-refractivity contribution >= 4 is 44.8 Å². The Morgan fingerprint density at radius 1 is 1.07 bits per heavy atom. The summed E-state index contributed by atoms with van der Waals surface area (Å²) in [6, 6.07) is 9.24. The normalized spacial score (nSPS) is 12.2. The number of carbonyl (C=O) groups is 1. The van der Waals surface area contributed by atoms with E-state index in [1.54, 1.807) is 25.1 Å². The lowest BCUT2D eigenvalue weighted by molar-refractivity contribution is -0.120. The van der Waals surface area contributed by atoms with E-state index in [1.807, 2.05) is 0 Å². The summed E-state index contributed by atoms with van der Waals surface area (Å²) in [5.74, 6) is 0.612. The second-order valence-corrected chi connectivity index (χ2v) is 8.99. The number of halogens is 2. The van der Waals surface area contributed by atoms with Gasteiger partial charge in [0, 0.05) is 0 Å². The van der Waals surface area contributed by atoms with Gasteiger partial charge in [0.25, 0.3) is 0 Å². The molecule has 1 N–H and O–H groups in total. The topological polar surface area (TPSA) is 84.9 Å². The van der Waals surface area contributed by atoms with E-state index in [-0.39, 0.29) is 15.7 Å². The fourth-order valence-corrected chi connectivity index (χ4v) is 3.80. The van der Waals surface area contributed by atoms with Crippen molar-refractivity contribution in [1.82, 2.24) is 5.32 Å². The number of sulfonamides is 1. The number of hydrogen-bond donors (Lipinski definition) is 1. The van der Waals surface area contributed by atoms with E-state index in [1.165, 1.54) is 32.4 Å². The Kier molecular flexibility index (Phi) is 7.62. The molecule has 158 valence electrons. The van der Waals surface area contributed by atoms with Crippen LogP contribution in [-0.2, 0) is 14.8 Å². The lowest BCUT2D eigenvalue weighted by Gasteiger charge is -2.24. The number of rotatable bonds is 8. The van der Waals surface area contributed by atoms with Gasteiger partial charge in [-0.3, -0.25) is 9.10 Å². The van der Waals surface area contributed by atoms with Crippen LogP contribution in [0.4, 0.5) is 5.69 Å². The summed E-state index contributed by atoms with van der Waals surface area (Å²) >= 11 is 11.9. The predicted molar refractivity (Wildman–Crippen MR) is 115 cm³/mol.